The van der Waals surface area contributed by atoms with E-state index in [2.05, 4.69) is 6.92 Å². The highest BCUT2D eigenvalue weighted by molar-refractivity contribution is 6.05. The third kappa shape index (κ3) is 3.05. The molecule has 2 aliphatic rings. The van der Waals surface area contributed by atoms with Gasteiger partial charge in [-0.3, -0.25) is 14.5 Å². The fraction of sp³-hybridized carbons (Fsp3) is 0.875. The van der Waals surface area contributed by atoms with Crippen LogP contribution in [0.2, 0.25) is 0 Å². The van der Waals surface area contributed by atoms with Gasteiger partial charge in [-0.15, -0.1) is 0 Å². The number of aliphatic hydroxyl groups excluding tert-OH is 1. The molecule has 20 heavy (non-hydrogen) atoms. The summed E-state index contributed by atoms with van der Waals surface area (Å²) >= 11 is 0. The predicted octanol–water partition coefficient (Wildman–Crippen LogP) is 2.49. The first-order valence-electron chi connectivity index (χ1n) is 8.08. The van der Waals surface area contributed by atoms with E-state index in [4.69, 9.17) is 5.11 Å². The fourth-order valence-corrected chi connectivity index (χ4v) is 3.84. The Hall–Kier alpha value is -0.900. The van der Waals surface area contributed by atoms with Gasteiger partial charge in [0.15, 0.2) is 0 Å². The molecular formula is C16H27NO3. The molecule has 1 spiro atoms. The summed E-state index contributed by atoms with van der Waals surface area (Å²) in [6.07, 6.45) is 8.17. The van der Waals surface area contributed by atoms with E-state index in [0.717, 1.165) is 38.5 Å². The first kappa shape index (κ1) is 15.5. The minimum atomic E-state index is -0.370. The van der Waals surface area contributed by atoms with Crippen LogP contribution in [0.1, 0.15) is 64.7 Å². The first-order chi connectivity index (χ1) is 9.63. The Morgan fingerprint density at radius 3 is 2.50 bits per heavy atom. The lowest BCUT2D eigenvalue weighted by Crippen LogP contribution is -2.39. The SMILES string of the molecule is CCCC(CCO)CN1C(=O)CC2(CCCCC2)C1=O. The molecule has 1 aliphatic carbocycles. The second-order valence-electron chi connectivity index (χ2n) is 6.49. The maximum Gasteiger partial charge on any atom is 0.235 e. The van der Waals surface area contributed by atoms with E-state index in [1.165, 1.54) is 11.3 Å². The summed E-state index contributed by atoms with van der Waals surface area (Å²) in [5.41, 5.74) is -0.370. The maximum absolute atomic E-state index is 12.7. The number of likely N-dealkylation sites (tertiary alicyclic amines) is 1. The van der Waals surface area contributed by atoms with Gasteiger partial charge in [-0.25, -0.2) is 0 Å². The molecule has 1 N–H and O–H groups in total. The number of carbonyl (C=O) groups excluding carboxylic acids is 2. The van der Waals surface area contributed by atoms with Gasteiger partial charge in [-0.2, -0.15) is 0 Å². The first-order valence-corrected chi connectivity index (χ1v) is 8.08. The van der Waals surface area contributed by atoms with Crippen LogP contribution in [0.4, 0.5) is 0 Å². The van der Waals surface area contributed by atoms with Crippen molar-refractivity contribution in [1.29, 1.82) is 0 Å². The molecule has 114 valence electrons. The summed E-state index contributed by atoms with van der Waals surface area (Å²) in [6.45, 7) is 2.74. The Kier molecular flexibility index (Phi) is 5.19. The van der Waals surface area contributed by atoms with E-state index < -0.39 is 0 Å². The number of carbonyl (C=O) groups is 2. The molecule has 4 heteroatoms. The van der Waals surface area contributed by atoms with Gasteiger partial charge in [0.25, 0.3) is 0 Å². The van der Waals surface area contributed by atoms with Crippen LogP contribution >= 0.6 is 0 Å². The zero-order valence-corrected chi connectivity index (χ0v) is 12.6. The lowest BCUT2D eigenvalue weighted by Gasteiger charge is -2.31. The van der Waals surface area contributed by atoms with Crippen LogP contribution in [0, 0.1) is 11.3 Å². The molecule has 1 atom stereocenters. The molecule has 4 nitrogen and oxygen atoms in total. The molecule has 0 aromatic heterocycles. The standard InChI is InChI=1S/C16H27NO3/c1-2-6-13(7-10-18)12-17-14(19)11-16(15(17)20)8-4-3-5-9-16/h13,18H,2-12H2,1H3. The predicted molar refractivity (Wildman–Crippen MR) is 77.0 cm³/mol. The number of hydrogen-bond donors (Lipinski definition) is 1. The van der Waals surface area contributed by atoms with Crippen molar-refractivity contribution in [2.75, 3.05) is 13.2 Å². The lowest BCUT2D eigenvalue weighted by molar-refractivity contribution is -0.143. The van der Waals surface area contributed by atoms with Gasteiger partial charge < -0.3 is 5.11 Å². The maximum atomic E-state index is 12.7. The van der Waals surface area contributed by atoms with Crippen LogP contribution in [0.5, 0.6) is 0 Å². The van der Waals surface area contributed by atoms with Crippen molar-refractivity contribution in [1.82, 2.24) is 4.90 Å². The zero-order chi connectivity index (χ0) is 14.6. The van der Waals surface area contributed by atoms with Gasteiger partial charge in [0.2, 0.25) is 11.8 Å². The molecule has 0 aromatic carbocycles. The van der Waals surface area contributed by atoms with Crippen molar-refractivity contribution in [3.63, 3.8) is 0 Å². The number of rotatable bonds is 6. The number of hydrogen-bond acceptors (Lipinski definition) is 3. The summed E-state index contributed by atoms with van der Waals surface area (Å²) in [5, 5.41) is 9.12. The van der Waals surface area contributed by atoms with E-state index in [0.29, 0.717) is 19.4 Å². The Bertz CT molecular complexity index is 355. The minimum Gasteiger partial charge on any atom is -0.396 e. The van der Waals surface area contributed by atoms with E-state index in [9.17, 15) is 9.59 Å². The average molecular weight is 281 g/mol. The number of aliphatic hydroxyl groups is 1. The van der Waals surface area contributed by atoms with Crippen LogP contribution < -0.4 is 0 Å². The van der Waals surface area contributed by atoms with Crippen molar-refractivity contribution >= 4 is 11.8 Å². The molecule has 1 saturated carbocycles. The normalized spacial score (nSPS) is 23.6. The van der Waals surface area contributed by atoms with Gasteiger partial charge in [0.05, 0.1) is 5.41 Å². The fourth-order valence-electron chi connectivity index (χ4n) is 3.84. The molecule has 2 rings (SSSR count). The Morgan fingerprint density at radius 1 is 1.20 bits per heavy atom. The topological polar surface area (TPSA) is 57.6 Å². The highest BCUT2D eigenvalue weighted by Gasteiger charge is 2.51. The Balaban J connectivity index is 2.04. The third-order valence-corrected chi connectivity index (χ3v) is 4.98. The molecule has 0 bridgehead atoms. The molecule has 0 radical (unpaired) electrons. The van der Waals surface area contributed by atoms with Crippen molar-refractivity contribution in [3.05, 3.63) is 0 Å². The van der Waals surface area contributed by atoms with Crippen molar-refractivity contribution < 1.29 is 14.7 Å². The molecule has 1 saturated heterocycles. The van der Waals surface area contributed by atoms with E-state index >= 15 is 0 Å². The van der Waals surface area contributed by atoms with Gasteiger partial charge >= 0.3 is 0 Å². The molecule has 1 heterocycles. The molecule has 1 unspecified atom stereocenters. The second-order valence-corrected chi connectivity index (χ2v) is 6.49. The Morgan fingerprint density at radius 2 is 1.90 bits per heavy atom. The van der Waals surface area contributed by atoms with E-state index in [1.807, 2.05) is 0 Å². The van der Waals surface area contributed by atoms with Crippen molar-refractivity contribution in [2.45, 2.75) is 64.7 Å². The van der Waals surface area contributed by atoms with Crippen LogP contribution in [-0.4, -0.2) is 35.0 Å². The van der Waals surface area contributed by atoms with Crippen molar-refractivity contribution in [2.24, 2.45) is 11.3 Å². The second kappa shape index (κ2) is 6.70. The van der Waals surface area contributed by atoms with Crippen molar-refractivity contribution in [3.8, 4) is 0 Å². The molecule has 1 aliphatic heterocycles. The summed E-state index contributed by atoms with van der Waals surface area (Å²) < 4.78 is 0. The molecular weight excluding hydrogens is 254 g/mol. The quantitative estimate of drug-likeness (QED) is 0.761. The number of amides is 2. The van der Waals surface area contributed by atoms with Gasteiger partial charge in [-0.1, -0.05) is 32.6 Å². The summed E-state index contributed by atoms with van der Waals surface area (Å²) in [5.74, 6) is 0.328. The number of imide groups is 1. The van der Waals surface area contributed by atoms with Crippen LogP contribution in [0.3, 0.4) is 0 Å². The summed E-state index contributed by atoms with van der Waals surface area (Å²) in [6, 6.07) is 0. The van der Waals surface area contributed by atoms with Gasteiger partial charge in [0, 0.05) is 19.6 Å². The minimum absolute atomic E-state index is 0.0101. The van der Waals surface area contributed by atoms with Gasteiger partial charge in [-0.05, 0) is 31.6 Å². The van der Waals surface area contributed by atoms with E-state index in [-0.39, 0.29) is 29.8 Å². The van der Waals surface area contributed by atoms with Gasteiger partial charge in [0.1, 0.15) is 0 Å². The zero-order valence-electron chi connectivity index (χ0n) is 12.6. The highest BCUT2D eigenvalue weighted by atomic mass is 16.3. The average Bonchev–Trinajstić information content (AvgIpc) is 2.65. The summed E-state index contributed by atoms with van der Waals surface area (Å²) in [4.78, 5) is 26.4. The molecule has 2 fully saturated rings. The van der Waals surface area contributed by atoms with Crippen LogP contribution in [0.15, 0.2) is 0 Å². The largest absolute Gasteiger partial charge is 0.396 e. The molecule has 0 aromatic rings. The number of nitrogens with zero attached hydrogens (tertiary/aromatic N) is 1. The lowest BCUT2D eigenvalue weighted by atomic mass is 9.73. The highest BCUT2D eigenvalue weighted by Crippen LogP contribution is 2.45. The van der Waals surface area contributed by atoms with Crippen LogP contribution in [-0.2, 0) is 9.59 Å². The summed E-state index contributed by atoms with van der Waals surface area (Å²) in [7, 11) is 0. The molecule has 2 amide bonds. The van der Waals surface area contributed by atoms with E-state index in [1.54, 1.807) is 0 Å². The third-order valence-electron chi connectivity index (χ3n) is 4.98. The Labute approximate surface area is 121 Å². The van der Waals surface area contributed by atoms with Crippen LogP contribution in [0.25, 0.3) is 0 Å². The monoisotopic (exact) mass is 281 g/mol. The smallest absolute Gasteiger partial charge is 0.235 e.